The zero-order valence-electron chi connectivity index (χ0n) is 12.0. The summed E-state index contributed by atoms with van der Waals surface area (Å²) < 4.78 is 11.0. The van der Waals surface area contributed by atoms with Crippen molar-refractivity contribution in [1.29, 1.82) is 0 Å². The van der Waals surface area contributed by atoms with Crippen LogP contribution in [0, 0.1) is 0 Å². The van der Waals surface area contributed by atoms with E-state index in [-0.39, 0.29) is 0 Å². The summed E-state index contributed by atoms with van der Waals surface area (Å²) in [5.74, 6) is 1.35. The highest BCUT2D eigenvalue weighted by molar-refractivity contribution is 6.31. The van der Waals surface area contributed by atoms with E-state index in [0.717, 1.165) is 11.3 Å². The Hall–Kier alpha value is -1.58. The fourth-order valence-electron chi connectivity index (χ4n) is 1.98. The van der Waals surface area contributed by atoms with Crippen LogP contribution in [0.2, 0.25) is 10.0 Å². The predicted octanol–water partition coefficient (Wildman–Crippen LogP) is 5.01. The van der Waals surface area contributed by atoms with E-state index in [4.69, 9.17) is 32.7 Å². The van der Waals surface area contributed by atoms with E-state index in [0.29, 0.717) is 34.7 Å². The lowest BCUT2D eigenvalue weighted by Gasteiger charge is -2.16. The lowest BCUT2D eigenvalue weighted by atomic mass is 10.1. The minimum atomic E-state index is 0.561. The number of anilines is 1. The molecule has 0 amide bonds. The van der Waals surface area contributed by atoms with Crippen molar-refractivity contribution in [3.05, 3.63) is 52.0 Å². The minimum absolute atomic E-state index is 0.561. The van der Waals surface area contributed by atoms with Crippen molar-refractivity contribution >= 4 is 28.9 Å². The van der Waals surface area contributed by atoms with Gasteiger partial charge in [-0.15, -0.1) is 0 Å². The molecule has 0 saturated carbocycles. The Balaban J connectivity index is 2.21. The summed E-state index contributed by atoms with van der Waals surface area (Å²) in [6.07, 6.45) is 0. The van der Waals surface area contributed by atoms with Gasteiger partial charge in [-0.1, -0.05) is 23.2 Å². The molecule has 3 nitrogen and oxygen atoms in total. The molecule has 0 atom stereocenters. The fourth-order valence-corrected chi connectivity index (χ4v) is 2.34. The third-order valence-corrected chi connectivity index (χ3v) is 3.40. The fraction of sp³-hybridized carbons (Fsp3) is 0.250. The Morgan fingerprint density at radius 1 is 1.05 bits per heavy atom. The normalized spacial score (nSPS) is 10.3. The number of benzene rings is 2. The van der Waals surface area contributed by atoms with Gasteiger partial charge in [-0.3, -0.25) is 0 Å². The van der Waals surface area contributed by atoms with Crippen LogP contribution in [0.3, 0.4) is 0 Å². The molecule has 1 N–H and O–H groups in total. The standard InChI is InChI=1S/C16H17Cl2NO2/c1-3-21-16-11(8-13(18)9-15(16)20-2)10-19-14-6-4-12(17)5-7-14/h4-9,19H,3,10H2,1-2H3. The van der Waals surface area contributed by atoms with Gasteiger partial charge in [-0.05, 0) is 37.3 Å². The summed E-state index contributed by atoms with van der Waals surface area (Å²) in [6.45, 7) is 3.07. The lowest BCUT2D eigenvalue weighted by Crippen LogP contribution is -2.05. The molecule has 0 heterocycles. The molecule has 0 spiro atoms. The summed E-state index contributed by atoms with van der Waals surface area (Å²) >= 11 is 12.0. The van der Waals surface area contributed by atoms with Crippen LogP contribution in [-0.4, -0.2) is 13.7 Å². The topological polar surface area (TPSA) is 30.5 Å². The first-order valence-corrected chi connectivity index (χ1v) is 7.38. The maximum absolute atomic E-state index is 6.12. The molecule has 2 aromatic carbocycles. The molecule has 0 saturated heterocycles. The van der Waals surface area contributed by atoms with Crippen LogP contribution in [0.5, 0.6) is 11.5 Å². The third-order valence-electron chi connectivity index (χ3n) is 2.93. The van der Waals surface area contributed by atoms with Gasteiger partial charge in [-0.25, -0.2) is 0 Å². The van der Waals surface area contributed by atoms with Gasteiger partial charge in [-0.2, -0.15) is 0 Å². The lowest BCUT2D eigenvalue weighted by molar-refractivity contribution is 0.308. The van der Waals surface area contributed by atoms with Gasteiger partial charge in [0.1, 0.15) is 0 Å². The number of hydrogen-bond acceptors (Lipinski definition) is 3. The Bertz CT molecular complexity index is 600. The highest BCUT2D eigenvalue weighted by Gasteiger charge is 2.12. The number of nitrogens with one attached hydrogen (secondary N) is 1. The Morgan fingerprint density at radius 2 is 1.76 bits per heavy atom. The Morgan fingerprint density at radius 3 is 2.38 bits per heavy atom. The Kier molecular flexibility index (Phi) is 5.59. The second-order valence-corrected chi connectivity index (χ2v) is 5.26. The maximum atomic E-state index is 6.12. The monoisotopic (exact) mass is 325 g/mol. The van der Waals surface area contributed by atoms with Gasteiger partial charge >= 0.3 is 0 Å². The molecule has 2 rings (SSSR count). The number of rotatable bonds is 6. The maximum Gasteiger partial charge on any atom is 0.166 e. The van der Waals surface area contributed by atoms with E-state index in [9.17, 15) is 0 Å². The highest BCUT2D eigenvalue weighted by atomic mass is 35.5. The van der Waals surface area contributed by atoms with Gasteiger partial charge in [0, 0.05) is 33.9 Å². The summed E-state index contributed by atoms with van der Waals surface area (Å²) in [7, 11) is 1.60. The third kappa shape index (κ3) is 4.19. The highest BCUT2D eigenvalue weighted by Crippen LogP contribution is 2.35. The second kappa shape index (κ2) is 7.43. The van der Waals surface area contributed by atoms with E-state index in [2.05, 4.69) is 5.32 Å². The number of halogens is 2. The van der Waals surface area contributed by atoms with Crippen LogP contribution in [0.15, 0.2) is 36.4 Å². The van der Waals surface area contributed by atoms with Gasteiger partial charge in [0.25, 0.3) is 0 Å². The molecular weight excluding hydrogens is 309 g/mol. The molecular formula is C16H17Cl2NO2. The zero-order chi connectivity index (χ0) is 15.2. The van der Waals surface area contributed by atoms with Crippen molar-refractivity contribution in [2.45, 2.75) is 13.5 Å². The minimum Gasteiger partial charge on any atom is -0.493 e. The van der Waals surface area contributed by atoms with Crippen molar-refractivity contribution in [2.75, 3.05) is 19.0 Å². The number of methoxy groups -OCH3 is 1. The van der Waals surface area contributed by atoms with Gasteiger partial charge in [0.05, 0.1) is 13.7 Å². The molecule has 0 bridgehead atoms. The van der Waals surface area contributed by atoms with E-state index in [1.165, 1.54) is 0 Å². The summed E-state index contributed by atoms with van der Waals surface area (Å²) in [4.78, 5) is 0. The summed E-state index contributed by atoms with van der Waals surface area (Å²) in [5.41, 5.74) is 1.91. The van der Waals surface area contributed by atoms with E-state index >= 15 is 0 Å². The average molecular weight is 326 g/mol. The SMILES string of the molecule is CCOc1c(CNc2ccc(Cl)cc2)cc(Cl)cc1OC. The van der Waals surface area contributed by atoms with Gasteiger partial charge < -0.3 is 14.8 Å². The van der Waals surface area contributed by atoms with Crippen LogP contribution >= 0.6 is 23.2 Å². The summed E-state index contributed by atoms with van der Waals surface area (Å²) in [6, 6.07) is 11.1. The van der Waals surface area contributed by atoms with Crippen LogP contribution in [-0.2, 0) is 6.54 Å². The quantitative estimate of drug-likeness (QED) is 0.809. The first-order chi connectivity index (χ1) is 10.1. The predicted molar refractivity (Wildman–Crippen MR) is 88.0 cm³/mol. The molecule has 0 aliphatic heterocycles. The molecule has 0 unspecified atom stereocenters. The molecule has 21 heavy (non-hydrogen) atoms. The molecule has 0 aromatic heterocycles. The largest absolute Gasteiger partial charge is 0.493 e. The Labute approximate surface area is 134 Å². The van der Waals surface area contributed by atoms with Crippen molar-refractivity contribution in [2.24, 2.45) is 0 Å². The average Bonchev–Trinajstić information content (AvgIpc) is 2.48. The van der Waals surface area contributed by atoms with Gasteiger partial charge in [0.15, 0.2) is 11.5 Å². The van der Waals surface area contributed by atoms with Gasteiger partial charge in [0.2, 0.25) is 0 Å². The van der Waals surface area contributed by atoms with Crippen LogP contribution in [0.1, 0.15) is 12.5 Å². The molecule has 5 heteroatoms. The number of ether oxygens (including phenoxy) is 2. The van der Waals surface area contributed by atoms with Crippen molar-refractivity contribution < 1.29 is 9.47 Å². The van der Waals surface area contributed by atoms with Crippen LogP contribution in [0.25, 0.3) is 0 Å². The van der Waals surface area contributed by atoms with Crippen molar-refractivity contribution in [3.8, 4) is 11.5 Å². The van der Waals surface area contributed by atoms with Crippen LogP contribution in [0.4, 0.5) is 5.69 Å². The smallest absolute Gasteiger partial charge is 0.166 e. The molecule has 2 aromatic rings. The second-order valence-electron chi connectivity index (χ2n) is 4.39. The summed E-state index contributed by atoms with van der Waals surface area (Å²) in [5, 5.41) is 4.64. The molecule has 112 valence electrons. The van der Waals surface area contributed by atoms with Crippen molar-refractivity contribution in [3.63, 3.8) is 0 Å². The van der Waals surface area contributed by atoms with Crippen molar-refractivity contribution in [1.82, 2.24) is 0 Å². The molecule has 0 aliphatic carbocycles. The molecule has 0 aliphatic rings. The van der Waals surface area contributed by atoms with E-state index in [1.807, 2.05) is 37.3 Å². The van der Waals surface area contributed by atoms with E-state index < -0.39 is 0 Å². The van der Waals surface area contributed by atoms with E-state index in [1.54, 1.807) is 13.2 Å². The zero-order valence-corrected chi connectivity index (χ0v) is 13.5. The first kappa shape index (κ1) is 15.8. The first-order valence-electron chi connectivity index (χ1n) is 6.62. The van der Waals surface area contributed by atoms with Crippen LogP contribution < -0.4 is 14.8 Å². The molecule has 0 radical (unpaired) electrons. The number of hydrogen-bond donors (Lipinski definition) is 1. The molecule has 0 fully saturated rings.